The molecule has 0 saturated carbocycles. The third kappa shape index (κ3) is 10.3. The van der Waals surface area contributed by atoms with Crippen molar-refractivity contribution in [2.24, 2.45) is 0 Å². The topological polar surface area (TPSA) is 80.2 Å². The zero-order chi connectivity index (χ0) is 28.2. The molecule has 0 atom stereocenters. The number of carbonyl (C=O) groups is 2. The van der Waals surface area contributed by atoms with Crippen LogP contribution in [0, 0.1) is 35.4 Å². The number of carbonyl (C=O) groups excluding carboxylic acids is 2. The van der Waals surface area contributed by atoms with Crippen molar-refractivity contribution in [3.05, 3.63) is 120 Å². The van der Waals surface area contributed by atoms with Crippen LogP contribution in [-0.4, -0.2) is 26.6 Å². The third-order valence-electron chi connectivity index (χ3n) is 4.62. The number of aromatic nitrogens is 2. The first-order valence-corrected chi connectivity index (χ1v) is 11.0. The maximum absolute atomic E-state index is 13.2. The average molecular weight is 715 g/mol. The molecule has 5 nitrogen and oxygen atoms in total. The molecule has 39 heavy (non-hydrogen) atoms. The first-order chi connectivity index (χ1) is 18.0. The zero-order valence-corrected chi connectivity index (χ0v) is 23.3. The smallest absolute Gasteiger partial charge is 0.166 e. The van der Waals surface area contributed by atoms with Gasteiger partial charge in [-0.15, -0.1) is 24.3 Å². The predicted octanol–water partition coefficient (Wildman–Crippen LogP) is 6.65. The average Bonchev–Trinajstić information content (AvgIpc) is 2.85. The third-order valence-corrected chi connectivity index (χ3v) is 4.62. The summed E-state index contributed by atoms with van der Waals surface area (Å²) in [5, 5.41) is 8.79. The number of aliphatic hydroxyl groups excluding tert-OH is 1. The number of allylic oxidation sites excluding steroid dienone is 2. The summed E-state index contributed by atoms with van der Waals surface area (Å²) in [6, 6.07) is 19.1. The van der Waals surface area contributed by atoms with Crippen LogP contribution < -0.4 is 0 Å². The van der Waals surface area contributed by atoms with E-state index in [1.54, 1.807) is 48.8 Å². The number of hydrogen-bond acceptors (Lipinski definition) is 5. The fraction of sp³-hybridized carbons (Fsp3) is 0.103. The number of Topliss-reactive ketones (excluding diaryl/α,β-unsaturated/α-hetero) is 2. The van der Waals surface area contributed by atoms with Crippen LogP contribution in [0.5, 0.6) is 0 Å². The van der Waals surface area contributed by atoms with Gasteiger partial charge in [0, 0.05) is 55.8 Å². The minimum Gasteiger partial charge on any atom is -0.512 e. The molecule has 4 aromatic rings. The first kappa shape index (κ1) is 33.0. The van der Waals surface area contributed by atoms with E-state index in [4.69, 9.17) is 5.11 Å². The second kappa shape index (κ2) is 16.1. The SMILES string of the molecule is CC(=O)C(C(C)=O)=C(C)O.Fc1c[c-]c(-c2ccccn2)c(F)c1.Fc1c[c-]c(-c2ccccn2)c(F)c1.[Ir]. The van der Waals surface area contributed by atoms with Crippen molar-refractivity contribution in [1.29, 1.82) is 0 Å². The standard InChI is InChI=1S/2C11H6F2N.C7H10O3.Ir/c2*12-8-4-5-9(10(13)7-8)11-3-1-2-6-14-11;1-4(8)7(5(2)9)6(3)10;/h2*1-4,6-7H;8H,1-3H3;/q2*-1;;. The Morgan fingerprint density at radius 1 is 0.718 bits per heavy atom. The van der Waals surface area contributed by atoms with Crippen LogP contribution in [0.25, 0.3) is 22.5 Å². The van der Waals surface area contributed by atoms with Gasteiger partial charge < -0.3 is 15.1 Å². The Kier molecular flexibility index (Phi) is 13.6. The van der Waals surface area contributed by atoms with Gasteiger partial charge in [0.1, 0.15) is 5.76 Å². The van der Waals surface area contributed by atoms with E-state index in [1.165, 1.54) is 20.8 Å². The molecule has 4 rings (SSSR count). The normalized spacial score (nSPS) is 9.51. The fourth-order valence-corrected chi connectivity index (χ4v) is 3.06. The molecule has 205 valence electrons. The van der Waals surface area contributed by atoms with E-state index in [9.17, 15) is 27.2 Å². The molecular weight excluding hydrogens is 693 g/mol. The minimum absolute atomic E-state index is 0. The Morgan fingerprint density at radius 3 is 1.33 bits per heavy atom. The molecule has 0 saturated heterocycles. The first-order valence-electron chi connectivity index (χ1n) is 11.0. The van der Waals surface area contributed by atoms with Gasteiger partial charge in [-0.1, -0.05) is 47.5 Å². The maximum atomic E-state index is 13.2. The Bertz CT molecular complexity index is 1330. The molecule has 0 fully saturated rings. The fourth-order valence-electron chi connectivity index (χ4n) is 3.06. The molecule has 0 bridgehead atoms. The number of aliphatic hydroxyl groups is 1. The van der Waals surface area contributed by atoms with Gasteiger partial charge in [-0.2, -0.15) is 0 Å². The van der Waals surface area contributed by atoms with E-state index in [0.29, 0.717) is 11.4 Å². The number of halogens is 4. The molecule has 0 aliphatic rings. The molecule has 0 aliphatic heterocycles. The van der Waals surface area contributed by atoms with Crippen molar-refractivity contribution < 1.29 is 52.4 Å². The summed E-state index contributed by atoms with van der Waals surface area (Å²) in [6.45, 7) is 3.81. The predicted molar refractivity (Wildman–Crippen MR) is 134 cm³/mol. The summed E-state index contributed by atoms with van der Waals surface area (Å²) in [5.74, 6) is -3.57. The van der Waals surface area contributed by atoms with E-state index < -0.39 is 34.8 Å². The van der Waals surface area contributed by atoms with E-state index >= 15 is 0 Å². The molecule has 2 heterocycles. The van der Waals surface area contributed by atoms with Gasteiger partial charge in [0.25, 0.3) is 0 Å². The number of benzene rings is 2. The van der Waals surface area contributed by atoms with Gasteiger partial charge in [0.2, 0.25) is 0 Å². The van der Waals surface area contributed by atoms with Crippen molar-refractivity contribution in [1.82, 2.24) is 9.97 Å². The summed E-state index contributed by atoms with van der Waals surface area (Å²) in [7, 11) is 0. The monoisotopic (exact) mass is 715 g/mol. The Hall–Kier alpha value is -4.01. The largest absolute Gasteiger partial charge is 0.512 e. The van der Waals surface area contributed by atoms with E-state index in [2.05, 4.69) is 22.1 Å². The summed E-state index contributed by atoms with van der Waals surface area (Å²) in [4.78, 5) is 29.1. The van der Waals surface area contributed by atoms with Crippen molar-refractivity contribution in [2.75, 3.05) is 0 Å². The number of hydrogen-bond donors (Lipinski definition) is 1. The Morgan fingerprint density at radius 2 is 1.10 bits per heavy atom. The molecule has 10 heteroatoms. The van der Waals surface area contributed by atoms with Crippen LogP contribution in [0.15, 0.2) is 84.4 Å². The molecule has 2 aromatic heterocycles. The molecule has 0 amide bonds. The second-order valence-corrected chi connectivity index (χ2v) is 7.58. The number of nitrogens with zero attached hydrogens (tertiary/aromatic N) is 2. The second-order valence-electron chi connectivity index (χ2n) is 7.58. The van der Waals surface area contributed by atoms with Gasteiger partial charge in [0.15, 0.2) is 11.6 Å². The van der Waals surface area contributed by atoms with Crippen LogP contribution in [0.3, 0.4) is 0 Å². The molecule has 2 aromatic carbocycles. The minimum atomic E-state index is -0.649. The molecule has 0 aliphatic carbocycles. The number of rotatable bonds is 4. The van der Waals surface area contributed by atoms with E-state index in [0.717, 1.165) is 24.3 Å². The van der Waals surface area contributed by atoms with Crippen molar-refractivity contribution in [2.45, 2.75) is 20.8 Å². The van der Waals surface area contributed by atoms with Crippen molar-refractivity contribution in [3.63, 3.8) is 0 Å². The quantitative estimate of drug-likeness (QED) is 0.0640. The van der Waals surface area contributed by atoms with Gasteiger partial charge in [-0.25, -0.2) is 0 Å². The van der Waals surface area contributed by atoms with E-state index in [-0.39, 0.29) is 42.6 Å². The summed E-state index contributed by atoms with van der Waals surface area (Å²) < 4.78 is 51.6. The summed E-state index contributed by atoms with van der Waals surface area (Å²) in [5.41, 5.74) is 1.16. The number of pyridine rings is 2. The molecular formula is C29H22F4IrN2O3-2. The van der Waals surface area contributed by atoms with Gasteiger partial charge in [-0.05, 0) is 44.3 Å². The Balaban J connectivity index is 0.000000295. The number of ketones is 2. The summed E-state index contributed by atoms with van der Waals surface area (Å²) in [6.07, 6.45) is 3.10. The van der Waals surface area contributed by atoms with Gasteiger partial charge in [0.05, 0.1) is 5.57 Å². The molecule has 1 N–H and O–H groups in total. The van der Waals surface area contributed by atoms with Gasteiger partial charge in [-0.3, -0.25) is 27.2 Å². The molecule has 0 unspecified atom stereocenters. The molecule has 0 spiro atoms. The van der Waals surface area contributed by atoms with Crippen LogP contribution in [0.1, 0.15) is 20.8 Å². The summed E-state index contributed by atoms with van der Waals surface area (Å²) >= 11 is 0. The maximum Gasteiger partial charge on any atom is 0.166 e. The van der Waals surface area contributed by atoms with Crippen LogP contribution in [0.4, 0.5) is 17.6 Å². The van der Waals surface area contributed by atoms with Crippen LogP contribution in [-0.2, 0) is 29.7 Å². The molecule has 1 radical (unpaired) electrons. The van der Waals surface area contributed by atoms with E-state index in [1.807, 2.05) is 0 Å². The van der Waals surface area contributed by atoms with Crippen LogP contribution >= 0.6 is 0 Å². The van der Waals surface area contributed by atoms with Crippen molar-refractivity contribution >= 4 is 11.6 Å². The van der Waals surface area contributed by atoms with Gasteiger partial charge >= 0.3 is 0 Å². The zero-order valence-electron chi connectivity index (χ0n) is 20.9. The van der Waals surface area contributed by atoms with Crippen LogP contribution in [0.2, 0.25) is 0 Å². The van der Waals surface area contributed by atoms with Crippen molar-refractivity contribution in [3.8, 4) is 22.5 Å². The Labute approximate surface area is 236 Å².